The Morgan fingerprint density at radius 2 is 2.12 bits per heavy atom. The smallest absolute Gasteiger partial charge is 0.419 e. The maximum Gasteiger partial charge on any atom is 1.00 e. The van der Waals surface area contributed by atoms with Gasteiger partial charge in [0.25, 0.3) is 5.91 Å². The second-order valence-corrected chi connectivity index (χ2v) is 7.50. The zero-order chi connectivity index (χ0) is 22.8. The molecule has 1 amide bonds. The minimum absolute atomic E-state index is 0. The van der Waals surface area contributed by atoms with Gasteiger partial charge in [0, 0.05) is 13.2 Å². The monoisotopic (exact) mass is 450 g/mol. The number of imidazole rings is 1. The number of likely N-dealkylation sites (N-methyl/N-ethyl adjacent to an activating group) is 1. The van der Waals surface area contributed by atoms with E-state index in [9.17, 15) is 9.59 Å². The summed E-state index contributed by atoms with van der Waals surface area (Å²) >= 11 is 5.97. The van der Waals surface area contributed by atoms with E-state index in [1.165, 1.54) is 12.3 Å². The number of hydrogen-bond acceptors (Lipinski definition) is 5. The standard InChI is InChI=1S/C13H12ClN3O.C10H16NO2.Li/c1-3-17-9(2)15-8-12(17)13(18)16-11-7-5-4-6-10(11)14;1-11(5-3-4-6-12)9-7-10(8-9)13-2;/h4-8H,1-3H2,(H,16,18);3-4,9-10H,5,7-8H2,1-2H3;/q-2;-1;+1/b;4-3+;. The molecule has 2 aromatic rings. The molecular weight excluding hydrogens is 423 g/mol. The third-order valence-corrected chi connectivity index (χ3v) is 5.45. The number of allylic oxidation sites excluding steroid dienone is 1. The maximum atomic E-state index is 12.1. The predicted octanol–water partition coefficient (Wildman–Crippen LogP) is 0.571. The van der Waals surface area contributed by atoms with Crippen molar-refractivity contribution in [2.45, 2.75) is 31.5 Å². The molecule has 32 heavy (non-hydrogen) atoms. The molecule has 1 aromatic carbocycles. The van der Waals surface area contributed by atoms with Crippen molar-refractivity contribution < 1.29 is 33.2 Å². The molecule has 0 bridgehead atoms. The SMILES string of the molecule is COC1CC(N(C)C/C=C/[C-]=O)C1.[CH2-]Cn1c(C(=O)Nc2ccccc2Cl)cnc1[CH2-].[Li+]. The number of benzene rings is 1. The summed E-state index contributed by atoms with van der Waals surface area (Å²) in [5, 5.41) is 3.21. The minimum atomic E-state index is -0.283. The van der Waals surface area contributed by atoms with Crippen LogP contribution < -0.4 is 24.2 Å². The number of para-hydroxylation sites is 1. The first-order valence-electron chi connectivity index (χ1n) is 9.89. The van der Waals surface area contributed by atoms with Gasteiger partial charge in [-0.2, -0.15) is 6.08 Å². The Hall–Kier alpha value is -2.01. The first kappa shape index (κ1) is 28.0. The number of methoxy groups -OCH3 is 1. The van der Waals surface area contributed by atoms with Crippen LogP contribution in [0.15, 0.2) is 42.6 Å². The van der Waals surface area contributed by atoms with Crippen LogP contribution in [0.5, 0.6) is 0 Å². The van der Waals surface area contributed by atoms with Crippen LogP contribution in [0, 0.1) is 13.8 Å². The molecule has 0 unspecified atom stereocenters. The summed E-state index contributed by atoms with van der Waals surface area (Å²) in [5.41, 5.74) is 0.974. The molecule has 7 nitrogen and oxygen atoms in total. The number of aromatic nitrogens is 2. The van der Waals surface area contributed by atoms with E-state index in [0.29, 0.717) is 40.9 Å². The Balaban J connectivity index is 0.000000327. The Kier molecular flexibility index (Phi) is 12.4. The zero-order valence-corrected chi connectivity index (χ0v) is 19.6. The number of hydrogen-bond donors (Lipinski definition) is 1. The van der Waals surface area contributed by atoms with Crippen LogP contribution >= 0.6 is 11.6 Å². The molecule has 1 N–H and O–H groups in total. The van der Waals surface area contributed by atoms with Crippen LogP contribution in [0.2, 0.25) is 5.02 Å². The molecule has 1 saturated carbocycles. The number of rotatable bonds is 8. The molecule has 1 fully saturated rings. The van der Waals surface area contributed by atoms with Gasteiger partial charge >= 0.3 is 18.9 Å². The van der Waals surface area contributed by atoms with E-state index in [1.807, 2.05) is 6.08 Å². The number of carbonyl (C=O) groups is 1. The maximum absolute atomic E-state index is 12.1. The average molecular weight is 451 g/mol. The van der Waals surface area contributed by atoms with Crippen LogP contribution in [-0.4, -0.2) is 59.5 Å². The molecule has 9 heteroatoms. The Morgan fingerprint density at radius 1 is 1.44 bits per heavy atom. The van der Waals surface area contributed by atoms with Crippen molar-refractivity contribution in [3.05, 3.63) is 73.0 Å². The van der Waals surface area contributed by atoms with E-state index in [2.05, 4.69) is 36.1 Å². The van der Waals surface area contributed by atoms with Crippen molar-refractivity contribution in [1.29, 1.82) is 0 Å². The summed E-state index contributed by atoms with van der Waals surface area (Å²) < 4.78 is 6.82. The van der Waals surface area contributed by atoms with Crippen molar-refractivity contribution in [3.63, 3.8) is 0 Å². The Labute approximate surface area is 207 Å². The number of halogens is 1. The molecule has 0 aliphatic heterocycles. The van der Waals surface area contributed by atoms with Crippen LogP contribution in [0.1, 0.15) is 29.2 Å². The molecule has 1 aromatic heterocycles. The fourth-order valence-electron chi connectivity index (χ4n) is 3.10. The molecule has 1 heterocycles. The van der Waals surface area contributed by atoms with Gasteiger partial charge in [-0.05, 0) is 50.7 Å². The van der Waals surface area contributed by atoms with E-state index < -0.39 is 0 Å². The Bertz CT molecular complexity index is 897. The van der Waals surface area contributed by atoms with Gasteiger partial charge in [0.2, 0.25) is 0 Å². The number of carbonyl (C=O) groups excluding carboxylic acids is 2. The van der Waals surface area contributed by atoms with Crippen molar-refractivity contribution >= 4 is 29.5 Å². The molecular formula is C23H28ClLiN4O3-2. The van der Waals surface area contributed by atoms with Gasteiger partial charge in [0.05, 0.1) is 23.0 Å². The van der Waals surface area contributed by atoms with Crippen molar-refractivity contribution in [1.82, 2.24) is 14.5 Å². The quantitative estimate of drug-likeness (QED) is 0.361. The zero-order valence-electron chi connectivity index (χ0n) is 18.9. The fourth-order valence-corrected chi connectivity index (χ4v) is 3.28. The second kappa shape index (κ2) is 14.2. The van der Waals surface area contributed by atoms with Gasteiger partial charge in [-0.25, -0.2) is 6.08 Å². The van der Waals surface area contributed by atoms with E-state index in [1.54, 1.807) is 42.2 Å². The van der Waals surface area contributed by atoms with Gasteiger partial charge in [0.15, 0.2) is 0 Å². The van der Waals surface area contributed by atoms with Crippen LogP contribution in [0.25, 0.3) is 0 Å². The van der Waals surface area contributed by atoms with Gasteiger partial charge in [-0.15, -0.1) is 6.54 Å². The molecule has 1 aliphatic carbocycles. The van der Waals surface area contributed by atoms with Gasteiger partial charge < -0.3 is 38.2 Å². The summed E-state index contributed by atoms with van der Waals surface area (Å²) in [7, 11) is 3.81. The Morgan fingerprint density at radius 3 is 2.72 bits per heavy atom. The van der Waals surface area contributed by atoms with Gasteiger partial charge in [-0.1, -0.05) is 23.7 Å². The van der Waals surface area contributed by atoms with Crippen LogP contribution in [-0.2, 0) is 16.1 Å². The molecule has 0 atom stereocenters. The third-order valence-electron chi connectivity index (χ3n) is 5.12. The number of amides is 1. The number of anilines is 1. The summed E-state index contributed by atoms with van der Waals surface area (Å²) in [6.45, 7) is 8.67. The van der Waals surface area contributed by atoms with Crippen LogP contribution in [0.4, 0.5) is 5.69 Å². The summed E-state index contributed by atoms with van der Waals surface area (Å²) in [6.07, 6.45) is 9.10. The van der Waals surface area contributed by atoms with E-state index in [0.717, 1.165) is 19.4 Å². The van der Waals surface area contributed by atoms with Crippen LogP contribution in [0.3, 0.4) is 0 Å². The molecule has 1 aliphatic rings. The molecule has 0 saturated heterocycles. The fraction of sp³-hybridized carbons (Fsp3) is 0.348. The van der Waals surface area contributed by atoms with E-state index >= 15 is 0 Å². The molecule has 168 valence electrons. The number of nitrogens with one attached hydrogen (secondary N) is 1. The number of nitrogens with zero attached hydrogens (tertiary/aromatic N) is 3. The number of ether oxygens (including phenoxy) is 1. The summed E-state index contributed by atoms with van der Waals surface area (Å²) in [4.78, 5) is 28.2. The second-order valence-electron chi connectivity index (χ2n) is 7.09. The summed E-state index contributed by atoms with van der Waals surface area (Å²) in [5.74, 6) is 0.225. The first-order chi connectivity index (χ1) is 14.9. The van der Waals surface area contributed by atoms with Crippen molar-refractivity contribution in [3.8, 4) is 0 Å². The average Bonchev–Trinajstić information content (AvgIpc) is 3.10. The largest absolute Gasteiger partial charge is 1.00 e. The van der Waals surface area contributed by atoms with Gasteiger partial charge in [-0.3, -0.25) is 9.78 Å². The van der Waals surface area contributed by atoms with Crippen molar-refractivity contribution in [2.75, 3.05) is 26.0 Å². The normalized spacial score (nSPS) is 17.2. The topological polar surface area (TPSA) is 76.5 Å². The molecule has 3 rings (SSSR count). The van der Waals surface area contributed by atoms with Crippen molar-refractivity contribution in [2.24, 2.45) is 0 Å². The van der Waals surface area contributed by atoms with E-state index in [-0.39, 0.29) is 24.8 Å². The first-order valence-corrected chi connectivity index (χ1v) is 10.3. The van der Waals surface area contributed by atoms with E-state index in [4.69, 9.17) is 16.3 Å². The summed E-state index contributed by atoms with van der Waals surface area (Å²) in [6, 6.07) is 7.65. The minimum Gasteiger partial charge on any atom is -0.419 e. The molecule has 0 radical (unpaired) electrons. The predicted molar refractivity (Wildman–Crippen MR) is 123 cm³/mol. The molecule has 0 spiro atoms. The third kappa shape index (κ3) is 7.84. The van der Waals surface area contributed by atoms with Gasteiger partial charge in [0.1, 0.15) is 5.69 Å².